The molecule has 1 rings (SSSR count). The summed E-state index contributed by atoms with van der Waals surface area (Å²) in [6.07, 6.45) is -0.757. The fraction of sp³-hybridized carbons (Fsp3) is 0.267. The smallest absolute Gasteiger partial charge is 0.419 e. The van der Waals surface area contributed by atoms with Crippen molar-refractivity contribution in [3.05, 3.63) is 54.8 Å². The molecule has 0 fully saturated rings. The van der Waals surface area contributed by atoms with E-state index in [0.717, 1.165) is 11.3 Å². The molecule has 0 saturated heterocycles. The van der Waals surface area contributed by atoms with Crippen molar-refractivity contribution in [1.82, 2.24) is 0 Å². The van der Waals surface area contributed by atoms with Crippen LogP contribution in [-0.2, 0) is 4.74 Å². The summed E-state index contributed by atoms with van der Waals surface area (Å²) in [5.74, 6) is 0. The van der Waals surface area contributed by atoms with E-state index >= 15 is 0 Å². The van der Waals surface area contributed by atoms with Gasteiger partial charge in [-0.15, -0.1) is 0 Å². The molecule has 1 aromatic rings. The van der Waals surface area contributed by atoms with Gasteiger partial charge in [-0.3, -0.25) is 4.90 Å². The third-order valence-corrected chi connectivity index (χ3v) is 2.55. The predicted molar refractivity (Wildman–Crippen MR) is 74.5 cm³/mol. The first-order valence-electron chi connectivity index (χ1n) is 5.80. The molecule has 18 heavy (non-hydrogen) atoms. The van der Waals surface area contributed by atoms with Crippen molar-refractivity contribution in [2.45, 2.75) is 26.9 Å². The minimum Gasteiger partial charge on any atom is -0.441 e. The van der Waals surface area contributed by atoms with Crippen LogP contribution in [0, 0.1) is 0 Å². The quantitative estimate of drug-likeness (QED) is 0.746. The van der Waals surface area contributed by atoms with E-state index in [1.807, 2.05) is 37.3 Å². The van der Waals surface area contributed by atoms with Gasteiger partial charge in [0, 0.05) is 5.70 Å². The van der Waals surface area contributed by atoms with Crippen molar-refractivity contribution < 1.29 is 9.53 Å². The van der Waals surface area contributed by atoms with Gasteiger partial charge in [-0.25, -0.2) is 4.79 Å². The summed E-state index contributed by atoms with van der Waals surface area (Å²) in [7, 11) is 0. The number of amides is 1. The molecule has 0 radical (unpaired) electrons. The lowest BCUT2D eigenvalue weighted by molar-refractivity contribution is 0.131. The second-order valence-corrected chi connectivity index (χ2v) is 4.28. The molecule has 0 aliphatic rings. The molecule has 1 amide bonds. The maximum atomic E-state index is 12.1. The van der Waals surface area contributed by atoms with Crippen LogP contribution in [0.3, 0.4) is 0 Å². The van der Waals surface area contributed by atoms with E-state index in [2.05, 4.69) is 13.2 Å². The number of ether oxygens (including phenoxy) is 1. The van der Waals surface area contributed by atoms with Crippen LogP contribution in [-0.4, -0.2) is 12.2 Å². The van der Waals surface area contributed by atoms with Crippen LogP contribution in [0.5, 0.6) is 0 Å². The normalized spacial score (nSPS) is 11.5. The Morgan fingerprint density at radius 2 is 1.78 bits per heavy atom. The number of para-hydroxylation sites is 1. The first-order chi connectivity index (χ1) is 8.43. The maximum absolute atomic E-state index is 12.1. The molecule has 0 aromatic heterocycles. The highest BCUT2D eigenvalue weighted by Gasteiger charge is 2.20. The summed E-state index contributed by atoms with van der Waals surface area (Å²) in [4.78, 5) is 13.5. The third kappa shape index (κ3) is 3.48. The van der Waals surface area contributed by atoms with Gasteiger partial charge in [0.1, 0.15) is 6.10 Å². The first-order valence-corrected chi connectivity index (χ1v) is 5.80. The molecule has 0 saturated carbocycles. The van der Waals surface area contributed by atoms with Crippen molar-refractivity contribution in [1.29, 1.82) is 0 Å². The average Bonchev–Trinajstić information content (AvgIpc) is 2.29. The molecule has 0 aliphatic carbocycles. The number of benzene rings is 1. The third-order valence-electron chi connectivity index (χ3n) is 2.55. The van der Waals surface area contributed by atoms with Gasteiger partial charge in [0.15, 0.2) is 0 Å². The molecular weight excluding hydrogens is 226 g/mol. The summed E-state index contributed by atoms with van der Waals surface area (Å²) in [6, 6.07) is 9.28. The molecule has 3 heteroatoms. The Hall–Kier alpha value is -2.03. The molecule has 0 bridgehead atoms. The van der Waals surface area contributed by atoms with Gasteiger partial charge < -0.3 is 4.74 Å². The van der Waals surface area contributed by atoms with E-state index in [1.165, 1.54) is 4.90 Å². The van der Waals surface area contributed by atoms with E-state index < -0.39 is 6.09 Å². The monoisotopic (exact) mass is 245 g/mol. The molecule has 0 heterocycles. The molecule has 0 aliphatic heterocycles. The van der Waals surface area contributed by atoms with Gasteiger partial charge in [-0.05, 0) is 38.5 Å². The molecule has 96 valence electrons. The van der Waals surface area contributed by atoms with E-state index in [-0.39, 0.29) is 6.10 Å². The summed E-state index contributed by atoms with van der Waals surface area (Å²) in [6.45, 7) is 13.0. The molecule has 3 nitrogen and oxygen atoms in total. The van der Waals surface area contributed by atoms with Crippen molar-refractivity contribution in [2.75, 3.05) is 4.90 Å². The van der Waals surface area contributed by atoms with Crippen LogP contribution in [0.15, 0.2) is 54.8 Å². The summed E-state index contributed by atoms with van der Waals surface area (Å²) in [5, 5.41) is 0. The second-order valence-electron chi connectivity index (χ2n) is 4.28. The fourth-order valence-corrected chi connectivity index (χ4v) is 1.36. The van der Waals surface area contributed by atoms with E-state index in [9.17, 15) is 4.79 Å². The molecular formula is C15H19NO2. The zero-order valence-electron chi connectivity index (χ0n) is 11.1. The Morgan fingerprint density at radius 1 is 1.22 bits per heavy atom. The number of carbonyl (C=O) groups excluding carboxylic acids is 1. The lowest BCUT2D eigenvalue weighted by Crippen LogP contribution is -2.32. The second kappa shape index (κ2) is 6.05. The maximum Gasteiger partial charge on any atom is 0.419 e. The van der Waals surface area contributed by atoms with Crippen LogP contribution in [0.2, 0.25) is 0 Å². The van der Waals surface area contributed by atoms with E-state index in [1.54, 1.807) is 13.8 Å². The predicted octanol–water partition coefficient (Wildman–Crippen LogP) is 4.13. The van der Waals surface area contributed by atoms with E-state index in [0.29, 0.717) is 5.70 Å². The largest absolute Gasteiger partial charge is 0.441 e. The summed E-state index contributed by atoms with van der Waals surface area (Å²) < 4.78 is 5.32. The Balaban J connectivity index is 2.90. The molecule has 1 atom stereocenters. The Kier molecular flexibility index (Phi) is 4.72. The minimum absolute atomic E-state index is 0.317. The van der Waals surface area contributed by atoms with Gasteiger partial charge in [0.25, 0.3) is 0 Å². The highest BCUT2D eigenvalue weighted by atomic mass is 16.6. The number of nitrogens with zero attached hydrogens (tertiary/aromatic N) is 1. The van der Waals surface area contributed by atoms with Crippen molar-refractivity contribution in [2.24, 2.45) is 0 Å². The van der Waals surface area contributed by atoms with Crippen LogP contribution >= 0.6 is 0 Å². The van der Waals surface area contributed by atoms with Crippen molar-refractivity contribution >= 4 is 11.8 Å². The van der Waals surface area contributed by atoms with Gasteiger partial charge in [-0.1, -0.05) is 31.4 Å². The topological polar surface area (TPSA) is 29.5 Å². The van der Waals surface area contributed by atoms with Gasteiger partial charge in [0.2, 0.25) is 0 Å². The highest BCUT2D eigenvalue weighted by molar-refractivity contribution is 5.90. The van der Waals surface area contributed by atoms with Crippen molar-refractivity contribution in [3.8, 4) is 0 Å². The van der Waals surface area contributed by atoms with E-state index in [4.69, 9.17) is 4.74 Å². The Morgan fingerprint density at radius 3 is 2.22 bits per heavy atom. The number of anilines is 1. The molecule has 1 aromatic carbocycles. The Bertz CT molecular complexity index is 451. The summed E-state index contributed by atoms with van der Waals surface area (Å²) in [5.41, 5.74) is 2.15. The summed E-state index contributed by atoms with van der Waals surface area (Å²) >= 11 is 0. The standard InChI is InChI=1S/C15H19NO2/c1-11(2)13(5)18-15(17)16(12(3)4)14-9-7-6-8-10-14/h6-10,13H,1,3H2,2,4-5H3. The van der Waals surface area contributed by atoms with Crippen LogP contribution in [0.4, 0.5) is 10.5 Å². The fourth-order valence-electron chi connectivity index (χ4n) is 1.36. The number of hydrogen-bond acceptors (Lipinski definition) is 2. The average molecular weight is 245 g/mol. The Labute approximate surface area is 108 Å². The van der Waals surface area contributed by atoms with Crippen LogP contribution in [0.25, 0.3) is 0 Å². The van der Waals surface area contributed by atoms with Crippen LogP contribution in [0.1, 0.15) is 20.8 Å². The molecule has 0 N–H and O–H groups in total. The molecule has 0 spiro atoms. The zero-order chi connectivity index (χ0) is 13.7. The SMILES string of the molecule is C=C(C)C(C)OC(=O)N(C(=C)C)c1ccccc1. The number of hydrogen-bond donors (Lipinski definition) is 0. The number of allylic oxidation sites excluding steroid dienone is 1. The molecule has 1 unspecified atom stereocenters. The minimum atomic E-state index is -0.441. The van der Waals surface area contributed by atoms with Gasteiger partial charge >= 0.3 is 6.09 Å². The van der Waals surface area contributed by atoms with Crippen molar-refractivity contribution in [3.63, 3.8) is 0 Å². The number of rotatable bonds is 4. The number of carbonyl (C=O) groups is 1. The van der Waals surface area contributed by atoms with Gasteiger partial charge in [0.05, 0.1) is 5.69 Å². The first kappa shape index (κ1) is 14.0. The lowest BCUT2D eigenvalue weighted by Gasteiger charge is -2.24. The highest BCUT2D eigenvalue weighted by Crippen LogP contribution is 2.20. The van der Waals surface area contributed by atoms with Gasteiger partial charge in [-0.2, -0.15) is 0 Å². The lowest BCUT2D eigenvalue weighted by atomic mass is 10.2. The zero-order valence-corrected chi connectivity index (χ0v) is 11.1. The van der Waals surface area contributed by atoms with Crippen LogP contribution < -0.4 is 4.90 Å².